The first-order valence-corrected chi connectivity index (χ1v) is 7.37. The smallest absolute Gasteiger partial charge is 0.253 e. The van der Waals surface area contributed by atoms with Gasteiger partial charge in [-0.1, -0.05) is 0 Å². The van der Waals surface area contributed by atoms with Gasteiger partial charge in [0.1, 0.15) is 5.82 Å². The molecular formula is C16H21FN2O. The molecule has 108 valence electrons. The van der Waals surface area contributed by atoms with Crippen LogP contribution in [0.2, 0.25) is 0 Å². The molecule has 1 atom stereocenters. The maximum absolute atomic E-state index is 13.0. The van der Waals surface area contributed by atoms with Crippen molar-refractivity contribution in [1.82, 2.24) is 9.80 Å². The predicted molar refractivity (Wildman–Crippen MR) is 76.1 cm³/mol. The lowest BCUT2D eigenvalue weighted by Gasteiger charge is -2.44. The fourth-order valence-corrected chi connectivity index (χ4v) is 3.65. The number of rotatable bonds is 1. The van der Waals surface area contributed by atoms with Gasteiger partial charge in [-0.05, 0) is 63.5 Å². The van der Waals surface area contributed by atoms with Crippen LogP contribution in [0.25, 0.3) is 0 Å². The Bertz CT molecular complexity index is 502. The molecule has 4 heteroatoms. The van der Waals surface area contributed by atoms with Crippen LogP contribution in [0.1, 0.15) is 36.0 Å². The van der Waals surface area contributed by atoms with E-state index in [9.17, 15) is 9.18 Å². The summed E-state index contributed by atoms with van der Waals surface area (Å²) in [6.07, 6.45) is 4.62. The summed E-state index contributed by atoms with van der Waals surface area (Å²) in [6.45, 7) is 2.74. The van der Waals surface area contributed by atoms with Crippen molar-refractivity contribution in [3.63, 3.8) is 0 Å². The second-order valence-electron chi connectivity index (χ2n) is 6.09. The van der Waals surface area contributed by atoms with Crippen molar-refractivity contribution in [3.8, 4) is 0 Å². The van der Waals surface area contributed by atoms with E-state index in [0.29, 0.717) is 5.56 Å². The Morgan fingerprint density at radius 1 is 1.15 bits per heavy atom. The fourth-order valence-electron chi connectivity index (χ4n) is 3.65. The molecular weight excluding hydrogens is 255 g/mol. The van der Waals surface area contributed by atoms with E-state index in [1.165, 1.54) is 31.4 Å². The molecule has 0 N–H and O–H groups in total. The first kappa shape index (κ1) is 13.6. The molecule has 0 aromatic heterocycles. The maximum atomic E-state index is 13.0. The van der Waals surface area contributed by atoms with Gasteiger partial charge in [0.15, 0.2) is 0 Å². The highest BCUT2D eigenvalue weighted by Gasteiger charge is 2.43. The Balaban J connectivity index is 1.76. The average Bonchev–Trinajstić information content (AvgIpc) is 2.80. The summed E-state index contributed by atoms with van der Waals surface area (Å²) in [4.78, 5) is 16.9. The number of amides is 1. The zero-order valence-electron chi connectivity index (χ0n) is 11.9. The second-order valence-corrected chi connectivity index (χ2v) is 6.09. The van der Waals surface area contributed by atoms with Gasteiger partial charge in [-0.3, -0.25) is 9.69 Å². The molecule has 1 spiro atoms. The van der Waals surface area contributed by atoms with Gasteiger partial charge in [-0.25, -0.2) is 4.39 Å². The van der Waals surface area contributed by atoms with Crippen molar-refractivity contribution >= 4 is 5.91 Å². The molecule has 2 fully saturated rings. The van der Waals surface area contributed by atoms with Crippen LogP contribution in [0, 0.1) is 5.82 Å². The standard InChI is InChI=1S/C16H21FN2O/c1-18-10-2-8-16(18)9-3-11-19(12-16)15(20)13-4-6-14(17)7-5-13/h4-7H,2-3,8-12H2,1H3. The first-order valence-electron chi connectivity index (χ1n) is 7.37. The van der Waals surface area contributed by atoms with Crippen LogP contribution in [0.5, 0.6) is 0 Å². The van der Waals surface area contributed by atoms with Crippen LogP contribution in [0.3, 0.4) is 0 Å². The fraction of sp³-hybridized carbons (Fsp3) is 0.562. The van der Waals surface area contributed by atoms with Gasteiger partial charge in [0.25, 0.3) is 5.91 Å². The Labute approximate surface area is 119 Å². The van der Waals surface area contributed by atoms with Gasteiger partial charge in [0.2, 0.25) is 0 Å². The third kappa shape index (κ3) is 2.33. The number of carbonyl (C=O) groups is 1. The number of benzene rings is 1. The number of halogens is 1. The molecule has 2 saturated heterocycles. The molecule has 1 amide bonds. The van der Waals surface area contributed by atoms with Crippen molar-refractivity contribution < 1.29 is 9.18 Å². The van der Waals surface area contributed by atoms with E-state index in [4.69, 9.17) is 0 Å². The molecule has 1 unspecified atom stereocenters. The highest BCUT2D eigenvalue weighted by Crippen LogP contribution is 2.36. The number of hydrogen-bond donors (Lipinski definition) is 0. The van der Waals surface area contributed by atoms with E-state index in [-0.39, 0.29) is 17.3 Å². The first-order chi connectivity index (χ1) is 9.61. The molecule has 2 heterocycles. The number of likely N-dealkylation sites (tertiary alicyclic amines) is 2. The van der Waals surface area contributed by atoms with E-state index >= 15 is 0 Å². The molecule has 2 aliphatic rings. The van der Waals surface area contributed by atoms with Gasteiger partial charge in [0, 0.05) is 24.2 Å². The summed E-state index contributed by atoms with van der Waals surface area (Å²) in [6, 6.07) is 5.87. The van der Waals surface area contributed by atoms with Gasteiger partial charge in [-0.2, -0.15) is 0 Å². The number of hydrogen-bond acceptors (Lipinski definition) is 2. The van der Waals surface area contributed by atoms with Gasteiger partial charge in [0.05, 0.1) is 0 Å². The third-order valence-electron chi connectivity index (χ3n) is 4.88. The number of carbonyl (C=O) groups excluding carboxylic acids is 1. The zero-order valence-corrected chi connectivity index (χ0v) is 11.9. The summed E-state index contributed by atoms with van der Waals surface area (Å²) in [7, 11) is 2.17. The number of likely N-dealkylation sites (N-methyl/N-ethyl adjacent to an activating group) is 1. The summed E-state index contributed by atoms with van der Waals surface area (Å²) in [5.41, 5.74) is 0.762. The second kappa shape index (κ2) is 5.17. The molecule has 0 aliphatic carbocycles. The predicted octanol–water partition coefficient (Wildman–Crippen LogP) is 2.53. The minimum atomic E-state index is -0.299. The van der Waals surface area contributed by atoms with E-state index in [0.717, 1.165) is 26.1 Å². The minimum absolute atomic E-state index is 0.0318. The number of nitrogens with zero attached hydrogens (tertiary/aromatic N) is 2. The molecule has 0 radical (unpaired) electrons. The van der Waals surface area contributed by atoms with Crippen molar-refractivity contribution in [3.05, 3.63) is 35.6 Å². The minimum Gasteiger partial charge on any atom is -0.337 e. The van der Waals surface area contributed by atoms with Crippen molar-refractivity contribution in [2.24, 2.45) is 0 Å². The Hall–Kier alpha value is -1.42. The van der Waals surface area contributed by atoms with Gasteiger partial charge in [-0.15, -0.1) is 0 Å². The Morgan fingerprint density at radius 2 is 1.80 bits per heavy atom. The van der Waals surface area contributed by atoms with Crippen molar-refractivity contribution in [2.45, 2.75) is 31.2 Å². The molecule has 2 aliphatic heterocycles. The lowest BCUT2D eigenvalue weighted by atomic mass is 9.86. The summed E-state index contributed by atoms with van der Waals surface area (Å²) in [5.74, 6) is -0.267. The summed E-state index contributed by atoms with van der Waals surface area (Å²) >= 11 is 0. The SMILES string of the molecule is CN1CCCC12CCCN(C(=O)c1ccc(F)cc1)C2. The Kier molecular flexibility index (Phi) is 3.50. The van der Waals surface area contributed by atoms with Gasteiger partial charge >= 0.3 is 0 Å². The van der Waals surface area contributed by atoms with E-state index in [1.807, 2.05) is 4.90 Å². The molecule has 20 heavy (non-hydrogen) atoms. The van der Waals surface area contributed by atoms with E-state index in [1.54, 1.807) is 12.1 Å². The summed E-state index contributed by atoms with van der Waals surface area (Å²) < 4.78 is 13.0. The molecule has 0 bridgehead atoms. The highest BCUT2D eigenvalue weighted by atomic mass is 19.1. The normalized spacial score (nSPS) is 27.2. The third-order valence-corrected chi connectivity index (χ3v) is 4.88. The Morgan fingerprint density at radius 3 is 2.45 bits per heavy atom. The molecule has 3 rings (SSSR count). The van der Waals surface area contributed by atoms with Crippen LogP contribution in [0.15, 0.2) is 24.3 Å². The molecule has 3 nitrogen and oxygen atoms in total. The van der Waals surface area contributed by atoms with E-state index in [2.05, 4.69) is 11.9 Å². The molecule has 0 saturated carbocycles. The summed E-state index contributed by atoms with van der Waals surface area (Å²) in [5, 5.41) is 0. The molecule has 1 aromatic carbocycles. The monoisotopic (exact) mass is 276 g/mol. The number of piperidine rings is 1. The quantitative estimate of drug-likeness (QED) is 0.787. The van der Waals surface area contributed by atoms with Gasteiger partial charge < -0.3 is 4.90 Å². The van der Waals surface area contributed by atoms with Crippen LogP contribution >= 0.6 is 0 Å². The largest absolute Gasteiger partial charge is 0.337 e. The van der Waals surface area contributed by atoms with E-state index < -0.39 is 0 Å². The lowest BCUT2D eigenvalue weighted by molar-refractivity contribution is 0.0412. The van der Waals surface area contributed by atoms with Crippen LogP contribution in [-0.2, 0) is 0 Å². The lowest BCUT2D eigenvalue weighted by Crippen LogP contribution is -2.55. The van der Waals surface area contributed by atoms with Crippen molar-refractivity contribution in [2.75, 3.05) is 26.7 Å². The van der Waals surface area contributed by atoms with Crippen LogP contribution in [-0.4, -0.2) is 47.9 Å². The van der Waals surface area contributed by atoms with Crippen molar-refractivity contribution in [1.29, 1.82) is 0 Å². The van der Waals surface area contributed by atoms with Crippen LogP contribution < -0.4 is 0 Å². The topological polar surface area (TPSA) is 23.6 Å². The average molecular weight is 276 g/mol. The maximum Gasteiger partial charge on any atom is 0.253 e. The zero-order chi connectivity index (χ0) is 14.2. The van der Waals surface area contributed by atoms with Crippen LogP contribution in [0.4, 0.5) is 4.39 Å². The highest BCUT2D eigenvalue weighted by molar-refractivity contribution is 5.94. The molecule has 1 aromatic rings.